The van der Waals surface area contributed by atoms with Gasteiger partial charge in [-0.25, -0.2) is 0 Å². The van der Waals surface area contributed by atoms with Crippen LogP contribution in [-0.2, 0) is 11.2 Å². The van der Waals surface area contributed by atoms with Gasteiger partial charge in [-0.05, 0) is 23.8 Å². The lowest BCUT2D eigenvalue weighted by atomic mass is 10.1. The number of imide groups is 1. The highest BCUT2D eigenvalue weighted by Crippen LogP contribution is 2.23. The van der Waals surface area contributed by atoms with Crippen LogP contribution in [-0.4, -0.2) is 39.4 Å². The van der Waals surface area contributed by atoms with Gasteiger partial charge in [-0.1, -0.05) is 53.8 Å². The molecule has 0 atom stereocenters. The van der Waals surface area contributed by atoms with Crippen LogP contribution >= 0.6 is 11.3 Å². The Bertz CT molecular complexity index is 1210. The number of hydrogen-bond acceptors (Lipinski definition) is 7. The Kier molecular flexibility index (Phi) is 5.64. The average molecular weight is 429 g/mol. The van der Waals surface area contributed by atoms with Gasteiger partial charge < -0.3 is 0 Å². The second-order valence-electron chi connectivity index (χ2n) is 6.59. The molecule has 9 heteroatoms. The maximum absolute atomic E-state index is 12.4. The minimum absolute atomic E-state index is 0.0611. The van der Waals surface area contributed by atoms with Gasteiger partial charge in [0.05, 0.1) is 11.1 Å². The number of carbonyl (C=O) groups is 3. The van der Waals surface area contributed by atoms with Crippen LogP contribution in [0.1, 0.15) is 31.3 Å². The summed E-state index contributed by atoms with van der Waals surface area (Å²) in [4.78, 5) is 38.4. The van der Waals surface area contributed by atoms with E-state index in [1.165, 1.54) is 11.0 Å². The Morgan fingerprint density at radius 2 is 1.68 bits per heavy atom. The molecule has 8 nitrogen and oxygen atoms in total. The number of fused-ring (bicyclic) bond motifs is 1. The highest BCUT2D eigenvalue weighted by atomic mass is 32.1. The number of hydrogen-bond donors (Lipinski definition) is 1. The van der Waals surface area contributed by atoms with Gasteiger partial charge in [-0.15, -0.1) is 10.2 Å². The van der Waals surface area contributed by atoms with E-state index in [9.17, 15) is 19.6 Å². The van der Waals surface area contributed by atoms with Crippen molar-refractivity contribution >= 4 is 40.3 Å². The van der Waals surface area contributed by atoms with Crippen LogP contribution in [0.2, 0.25) is 0 Å². The zero-order valence-electron chi connectivity index (χ0n) is 16.1. The Balaban J connectivity index is 1.38. The molecular weight excluding hydrogens is 414 g/mol. The first-order valence-corrected chi connectivity index (χ1v) is 10.1. The third-order valence-corrected chi connectivity index (χ3v) is 5.49. The lowest BCUT2D eigenvalue weighted by Gasteiger charge is -2.12. The van der Waals surface area contributed by atoms with E-state index in [1.807, 2.05) is 24.3 Å². The topological polar surface area (TPSA) is 116 Å². The normalized spacial score (nSPS) is 13.1. The van der Waals surface area contributed by atoms with Gasteiger partial charge in [0.1, 0.15) is 16.6 Å². The van der Waals surface area contributed by atoms with E-state index in [4.69, 9.17) is 0 Å². The number of rotatable bonds is 6. The molecule has 0 fully saturated rings. The maximum atomic E-state index is 12.4. The first-order chi connectivity index (χ1) is 15.1. The van der Waals surface area contributed by atoms with Crippen LogP contribution in [0.5, 0.6) is 0 Å². The van der Waals surface area contributed by atoms with Gasteiger partial charge in [-0.2, -0.15) is 5.26 Å². The van der Waals surface area contributed by atoms with Crippen molar-refractivity contribution < 1.29 is 14.4 Å². The van der Waals surface area contributed by atoms with Crippen molar-refractivity contribution in [1.82, 2.24) is 15.1 Å². The molecule has 0 aliphatic carbocycles. The second kappa shape index (κ2) is 8.69. The molecule has 3 amide bonds. The lowest BCUT2D eigenvalue weighted by molar-refractivity contribution is -0.112. The summed E-state index contributed by atoms with van der Waals surface area (Å²) in [5.41, 5.74) is 1.46. The Morgan fingerprint density at radius 3 is 2.32 bits per heavy atom. The molecule has 1 aliphatic heterocycles. The van der Waals surface area contributed by atoms with Gasteiger partial charge in [0.2, 0.25) is 5.13 Å². The second-order valence-corrected chi connectivity index (χ2v) is 7.66. The summed E-state index contributed by atoms with van der Waals surface area (Å²) >= 11 is 1.13. The van der Waals surface area contributed by atoms with Crippen LogP contribution in [0.25, 0.3) is 6.08 Å². The maximum Gasteiger partial charge on any atom is 0.268 e. The molecule has 1 N–H and O–H groups in total. The molecule has 2 aromatic carbocycles. The van der Waals surface area contributed by atoms with E-state index >= 15 is 0 Å². The van der Waals surface area contributed by atoms with E-state index in [0.717, 1.165) is 16.9 Å². The highest BCUT2D eigenvalue weighted by molar-refractivity contribution is 7.15. The van der Waals surface area contributed by atoms with E-state index in [-0.39, 0.29) is 29.1 Å². The number of nitriles is 1. The van der Waals surface area contributed by atoms with Gasteiger partial charge >= 0.3 is 0 Å². The smallest absolute Gasteiger partial charge is 0.268 e. The number of aromatic nitrogens is 2. The molecule has 0 bridgehead atoms. The minimum Gasteiger partial charge on any atom is -0.296 e. The molecule has 3 aromatic rings. The fourth-order valence-electron chi connectivity index (χ4n) is 3.08. The van der Waals surface area contributed by atoms with Crippen LogP contribution in [0, 0.1) is 11.3 Å². The molecule has 1 aromatic heterocycles. The van der Waals surface area contributed by atoms with Gasteiger partial charge in [0, 0.05) is 13.0 Å². The number of nitrogens with one attached hydrogen (secondary N) is 1. The largest absolute Gasteiger partial charge is 0.296 e. The predicted molar refractivity (Wildman–Crippen MR) is 114 cm³/mol. The average Bonchev–Trinajstić information content (AvgIpc) is 3.34. The predicted octanol–water partition coefficient (Wildman–Crippen LogP) is 2.92. The molecule has 152 valence electrons. The van der Waals surface area contributed by atoms with E-state index in [0.29, 0.717) is 22.6 Å². The Morgan fingerprint density at radius 1 is 1.03 bits per heavy atom. The zero-order chi connectivity index (χ0) is 21.8. The molecule has 0 saturated carbocycles. The number of benzene rings is 2. The van der Waals surface area contributed by atoms with Crippen molar-refractivity contribution in [3.8, 4) is 6.07 Å². The van der Waals surface area contributed by atoms with Crippen molar-refractivity contribution in [1.29, 1.82) is 5.26 Å². The summed E-state index contributed by atoms with van der Waals surface area (Å²) in [6.07, 6.45) is 1.80. The van der Waals surface area contributed by atoms with Crippen molar-refractivity contribution in [2.45, 2.75) is 6.42 Å². The fraction of sp³-hybridized carbons (Fsp3) is 0.0909. The SMILES string of the molecule is N#C/C(=C\c1ccccc1)C(=O)Nc1nnc(CCN2C(=O)c3ccccc3C2=O)s1. The first-order valence-electron chi connectivity index (χ1n) is 9.32. The summed E-state index contributed by atoms with van der Waals surface area (Å²) in [6.45, 7) is 0.159. The van der Waals surface area contributed by atoms with Crippen molar-refractivity contribution in [2.24, 2.45) is 0 Å². The molecule has 2 heterocycles. The molecule has 1 aliphatic rings. The molecule has 0 spiro atoms. The summed E-state index contributed by atoms with van der Waals surface area (Å²) in [5, 5.41) is 20.6. The first kappa shape index (κ1) is 20.1. The summed E-state index contributed by atoms with van der Waals surface area (Å²) in [6, 6.07) is 17.6. The zero-order valence-corrected chi connectivity index (χ0v) is 16.9. The van der Waals surface area contributed by atoms with Crippen molar-refractivity contribution in [3.63, 3.8) is 0 Å². The number of nitrogens with zero attached hydrogens (tertiary/aromatic N) is 4. The number of carbonyl (C=O) groups excluding carboxylic acids is 3. The third-order valence-electron chi connectivity index (χ3n) is 4.59. The Hall–Kier alpha value is -4.16. The molecule has 31 heavy (non-hydrogen) atoms. The summed E-state index contributed by atoms with van der Waals surface area (Å²) < 4.78 is 0. The standard InChI is InChI=1S/C22H15N5O3S/c23-13-15(12-14-6-2-1-3-7-14)19(28)24-22-26-25-18(31-22)10-11-27-20(29)16-8-4-5-9-17(16)21(27)30/h1-9,12H,10-11H2,(H,24,26,28)/b15-12+. The van der Waals surface area contributed by atoms with Crippen molar-refractivity contribution in [2.75, 3.05) is 11.9 Å². The van der Waals surface area contributed by atoms with E-state index in [2.05, 4.69) is 15.5 Å². The third kappa shape index (κ3) is 4.24. The number of anilines is 1. The van der Waals surface area contributed by atoms with E-state index in [1.54, 1.807) is 36.4 Å². The molecular formula is C22H15N5O3S. The molecule has 4 rings (SSSR count). The van der Waals surface area contributed by atoms with Gasteiger partial charge in [-0.3, -0.25) is 24.6 Å². The fourth-order valence-corrected chi connectivity index (χ4v) is 3.81. The monoisotopic (exact) mass is 429 g/mol. The molecule has 0 radical (unpaired) electrons. The summed E-state index contributed by atoms with van der Waals surface area (Å²) in [5.74, 6) is -1.25. The lowest BCUT2D eigenvalue weighted by Crippen LogP contribution is -2.31. The quantitative estimate of drug-likeness (QED) is 0.366. The van der Waals surface area contributed by atoms with Crippen molar-refractivity contribution in [3.05, 3.63) is 81.9 Å². The minimum atomic E-state index is -0.589. The molecule has 0 unspecified atom stereocenters. The van der Waals surface area contributed by atoms with Gasteiger partial charge in [0.25, 0.3) is 17.7 Å². The highest BCUT2D eigenvalue weighted by Gasteiger charge is 2.34. The van der Waals surface area contributed by atoms with E-state index < -0.39 is 5.91 Å². The van der Waals surface area contributed by atoms with Gasteiger partial charge in [0.15, 0.2) is 0 Å². The number of amides is 3. The molecule has 0 saturated heterocycles. The van der Waals surface area contributed by atoms with Crippen LogP contribution in [0.3, 0.4) is 0 Å². The van der Waals surface area contributed by atoms with Crippen LogP contribution in [0.4, 0.5) is 5.13 Å². The van der Waals surface area contributed by atoms with Crippen LogP contribution < -0.4 is 5.32 Å². The summed E-state index contributed by atoms with van der Waals surface area (Å²) in [7, 11) is 0. The van der Waals surface area contributed by atoms with Crippen LogP contribution in [0.15, 0.2) is 60.2 Å². The Labute approximate surface area is 181 Å².